The van der Waals surface area contributed by atoms with Gasteiger partial charge in [-0.3, -0.25) is 4.98 Å². The van der Waals surface area contributed by atoms with E-state index in [-0.39, 0.29) is 0 Å². The average Bonchev–Trinajstić information content (AvgIpc) is 1.97. The fourth-order valence-corrected chi connectivity index (χ4v) is 1.09. The summed E-state index contributed by atoms with van der Waals surface area (Å²) in [4.78, 5) is 4.05. The quantitative estimate of drug-likeness (QED) is 0.682. The van der Waals surface area contributed by atoms with Crippen LogP contribution in [-0.4, -0.2) is 11.6 Å². The van der Waals surface area contributed by atoms with Crippen molar-refractivity contribution in [1.82, 2.24) is 4.98 Å². The van der Waals surface area contributed by atoms with Crippen molar-refractivity contribution in [1.29, 1.82) is 0 Å². The summed E-state index contributed by atoms with van der Waals surface area (Å²) in [5.41, 5.74) is 0.833. The maximum Gasteiger partial charge on any atom is 0.159 e. The van der Waals surface area contributed by atoms with Crippen LogP contribution in [0.5, 0.6) is 5.75 Å². The van der Waals surface area contributed by atoms with Gasteiger partial charge in [0, 0.05) is 6.20 Å². The van der Waals surface area contributed by atoms with Gasteiger partial charge in [0.25, 0.3) is 0 Å². The Hall–Kier alpha value is -0.760. The summed E-state index contributed by atoms with van der Waals surface area (Å²) < 4.78 is 5.27. The molecule has 0 N–H and O–H groups in total. The lowest BCUT2D eigenvalue weighted by Crippen LogP contribution is -1.95. The largest absolute Gasteiger partial charge is 0.490 e. The number of halogens is 1. The third-order valence-electron chi connectivity index (χ3n) is 1.32. The maximum atomic E-state index is 5.84. The van der Waals surface area contributed by atoms with Crippen molar-refractivity contribution in [2.45, 2.75) is 13.8 Å². The number of aryl methyl sites for hydroxylation is 1. The molecule has 0 unspecified atom stereocenters. The second-order valence-electron chi connectivity index (χ2n) is 2.14. The van der Waals surface area contributed by atoms with Gasteiger partial charge in [0.2, 0.25) is 0 Å². The van der Waals surface area contributed by atoms with Gasteiger partial charge in [-0.15, -0.1) is 0 Å². The standard InChI is InChI=1S/C8H10ClNO/c1-3-11-8-6(2)10-5-4-7(8)9/h4-5H,3H2,1-2H3. The highest BCUT2D eigenvalue weighted by molar-refractivity contribution is 6.32. The molecule has 0 amide bonds. The van der Waals surface area contributed by atoms with Crippen molar-refractivity contribution in [3.8, 4) is 5.75 Å². The molecule has 0 atom stereocenters. The van der Waals surface area contributed by atoms with Crippen molar-refractivity contribution in [2.75, 3.05) is 6.61 Å². The van der Waals surface area contributed by atoms with Crippen LogP contribution in [0.2, 0.25) is 5.02 Å². The van der Waals surface area contributed by atoms with E-state index in [9.17, 15) is 0 Å². The minimum absolute atomic E-state index is 0.617. The average molecular weight is 172 g/mol. The van der Waals surface area contributed by atoms with Crippen molar-refractivity contribution in [2.24, 2.45) is 0 Å². The first-order chi connectivity index (χ1) is 5.25. The molecule has 0 spiro atoms. The molecule has 60 valence electrons. The third kappa shape index (κ3) is 1.84. The van der Waals surface area contributed by atoms with Gasteiger partial charge in [-0.25, -0.2) is 0 Å². The summed E-state index contributed by atoms with van der Waals surface area (Å²) in [7, 11) is 0. The van der Waals surface area contributed by atoms with Crippen LogP contribution in [0.15, 0.2) is 12.3 Å². The number of hydrogen-bond acceptors (Lipinski definition) is 2. The summed E-state index contributed by atoms with van der Waals surface area (Å²) in [6.45, 7) is 4.41. The zero-order valence-corrected chi connectivity index (χ0v) is 7.35. The van der Waals surface area contributed by atoms with E-state index in [0.717, 1.165) is 5.69 Å². The molecule has 1 heterocycles. The molecule has 0 aliphatic heterocycles. The van der Waals surface area contributed by atoms with Crippen LogP contribution in [0.3, 0.4) is 0 Å². The second-order valence-corrected chi connectivity index (χ2v) is 2.55. The van der Waals surface area contributed by atoms with Gasteiger partial charge in [0.05, 0.1) is 17.3 Å². The molecule has 0 radical (unpaired) electrons. The predicted molar refractivity (Wildman–Crippen MR) is 45.2 cm³/mol. The smallest absolute Gasteiger partial charge is 0.159 e. The molecule has 0 bridgehead atoms. The fourth-order valence-electron chi connectivity index (χ4n) is 0.839. The van der Waals surface area contributed by atoms with Gasteiger partial charge >= 0.3 is 0 Å². The topological polar surface area (TPSA) is 22.1 Å². The fraction of sp³-hybridized carbons (Fsp3) is 0.375. The number of hydrogen-bond donors (Lipinski definition) is 0. The van der Waals surface area contributed by atoms with Crippen molar-refractivity contribution in [3.05, 3.63) is 23.0 Å². The molecule has 0 saturated heterocycles. The SMILES string of the molecule is CCOc1c(Cl)ccnc1C. The number of ether oxygens (including phenoxy) is 1. The zero-order valence-electron chi connectivity index (χ0n) is 6.60. The lowest BCUT2D eigenvalue weighted by Gasteiger charge is -2.06. The predicted octanol–water partition coefficient (Wildman–Crippen LogP) is 2.44. The number of aromatic nitrogens is 1. The van der Waals surface area contributed by atoms with Crippen LogP contribution in [-0.2, 0) is 0 Å². The van der Waals surface area contributed by atoms with Crippen molar-refractivity contribution in [3.63, 3.8) is 0 Å². The molecule has 1 aromatic heterocycles. The van der Waals surface area contributed by atoms with E-state index in [2.05, 4.69) is 4.98 Å². The highest BCUT2D eigenvalue weighted by Crippen LogP contribution is 2.25. The third-order valence-corrected chi connectivity index (χ3v) is 1.62. The van der Waals surface area contributed by atoms with Gasteiger partial charge in [0.1, 0.15) is 0 Å². The van der Waals surface area contributed by atoms with Gasteiger partial charge in [0.15, 0.2) is 5.75 Å². The Morgan fingerprint density at radius 1 is 1.64 bits per heavy atom. The van der Waals surface area contributed by atoms with E-state index in [4.69, 9.17) is 16.3 Å². The number of rotatable bonds is 2. The molecule has 2 nitrogen and oxygen atoms in total. The molecule has 0 aliphatic carbocycles. The lowest BCUT2D eigenvalue weighted by molar-refractivity contribution is 0.336. The first-order valence-corrected chi connectivity index (χ1v) is 3.87. The minimum atomic E-state index is 0.617. The van der Waals surface area contributed by atoms with Gasteiger partial charge in [-0.05, 0) is 19.9 Å². The van der Waals surface area contributed by atoms with Crippen LogP contribution < -0.4 is 4.74 Å². The van der Waals surface area contributed by atoms with Crippen molar-refractivity contribution >= 4 is 11.6 Å². The summed E-state index contributed by atoms with van der Waals surface area (Å²) in [6, 6.07) is 1.72. The van der Waals surface area contributed by atoms with Gasteiger partial charge < -0.3 is 4.74 Å². The Morgan fingerprint density at radius 3 is 2.91 bits per heavy atom. The van der Waals surface area contributed by atoms with Crippen LogP contribution in [0.1, 0.15) is 12.6 Å². The second kappa shape index (κ2) is 3.58. The van der Waals surface area contributed by atoms with Gasteiger partial charge in [-0.1, -0.05) is 11.6 Å². The number of pyridine rings is 1. The molecule has 0 saturated carbocycles. The molecule has 1 rings (SSSR count). The van der Waals surface area contributed by atoms with Crippen molar-refractivity contribution < 1.29 is 4.74 Å². The Balaban J connectivity index is 3.00. The summed E-state index contributed by atoms with van der Waals surface area (Å²) >= 11 is 5.84. The lowest BCUT2D eigenvalue weighted by atomic mass is 10.3. The van der Waals surface area contributed by atoms with Crippen LogP contribution >= 0.6 is 11.6 Å². The molecule has 0 aromatic carbocycles. The van der Waals surface area contributed by atoms with E-state index in [0.29, 0.717) is 17.4 Å². The molecule has 0 aliphatic rings. The Morgan fingerprint density at radius 2 is 2.36 bits per heavy atom. The monoisotopic (exact) mass is 171 g/mol. The Kier molecular flexibility index (Phi) is 2.71. The van der Waals surface area contributed by atoms with E-state index >= 15 is 0 Å². The van der Waals surface area contributed by atoms with E-state index < -0.39 is 0 Å². The first kappa shape index (κ1) is 8.34. The van der Waals surface area contributed by atoms with Gasteiger partial charge in [-0.2, -0.15) is 0 Å². The molecular weight excluding hydrogens is 162 g/mol. The summed E-state index contributed by atoms with van der Waals surface area (Å²) in [6.07, 6.45) is 1.67. The highest BCUT2D eigenvalue weighted by Gasteiger charge is 2.03. The van der Waals surface area contributed by atoms with E-state index in [1.807, 2.05) is 13.8 Å². The highest BCUT2D eigenvalue weighted by atomic mass is 35.5. The zero-order chi connectivity index (χ0) is 8.27. The minimum Gasteiger partial charge on any atom is -0.490 e. The first-order valence-electron chi connectivity index (χ1n) is 3.49. The van der Waals surface area contributed by atoms with Crippen LogP contribution in [0.4, 0.5) is 0 Å². The summed E-state index contributed by atoms with van der Waals surface area (Å²) in [5, 5.41) is 0.624. The Labute approximate surface area is 71.2 Å². The number of nitrogens with zero attached hydrogens (tertiary/aromatic N) is 1. The normalized spacial score (nSPS) is 9.73. The van der Waals surface area contributed by atoms with E-state index in [1.165, 1.54) is 0 Å². The Bertz CT molecular complexity index is 230. The van der Waals surface area contributed by atoms with Crippen LogP contribution in [0, 0.1) is 6.92 Å². The summed E-state index contributed by atoms with van der Waals surface area (Å²) in [5.74, 6) is 0.691. The molecule has 0 fully saturated rings. The van der Waals surface area contributed by atoms with Crippen LogP contribution in [0.25, 0.3) is 0 Å². The molecule has 1 aromatic rings. The van der Waals surface area contributed by atoms with E-state index in [1.54, 1.807) is 12.3 Å². The molecular formula is C8H10ClNO. The maximum absolute atomic E-state index is 5.84. The molecule has 11 heavy (non-hydrogen) atoms. The molecule has 3 heteroatoms.